The van der Waals surface area contributed by atoms with Crippen molar-refractivity contribution in [2.75, 3.05) is 13.1 Å². The highest BCUT2D eigenvalue weighted by Gasteiger charge is 2.46. The summed E-state index contributed by atoms with van der Waals surface area (Å²) in [7, 11) is -4.12. The Morgan fingerprint density at radius 1 is 1.24 bits per heavy atom. The molecule has 2 atom stereocenters. The standard InChI is InChI=1S/C12H12F3NO4S/c13-7-1-3-8(4-2-7)21(19,20)16-5-9(11(14)15)10(6-16)12(17)18/h1-4,9-11H,5-6H2,(H,17,18)/t9-,10-/m1/s1. The molecule has 0 radical (unpaired) electrons. The van der Waals surface area contributed by atoms with E-state index in [1.165, 1.54) is 0 Å². The maximum Gasteiger partial charge on any atom is 0.308 e. The lowest BCUT2D eigenvalue weighted by atomic mass is 9.97. The molecule has 9 heteroatoms. The van der Waals surface area contributed by atoms with E-state index < -0.39 is 53.2 Å². The number of hydrogen-bond acceptors (Lipinski definition) is 3. The number of alkyl halides is 2. The molecule has 1 fully saturated rings. The lowest BCUT2D eigenvalue weighted by Gasteiger charge is -2.16. The maximum atomic E-state index is 12.8. The van der Waals surface area contributed by atoms with Crippen molar-refractivity contribution >= 4 is 16.0 Å². The summed E-state index contributed by atoms with van der Waals surface area (Å²) in [6.07, 6.45) is -2.93. The van der Waals surface area contributed by atoms with Crippen molar-refractivity contribution in [2.45, 2.75) is 11.3 Å². The van der Waals surface area contributed by atoms with Crippen molar-refractivity contribution in [3.05, 3.63) is 30.1 Å². The molecule has 5 nitrogen and oxygen atoms in total. The SMILES string of the molecule is O=C(O)[C@@H]1CN(S(=O)(=O)c2ccc(F)cc2)C[C@H]1C(F)F. The van der Waals surface area contributed by atoms with Crippen LogP contribution in [0.25, 0.3) is 0 Å². The largest absolute Gasteiger partial charge is 0.481 e. The Morgan fingerprint density at radius 2 is 1.81 bits per heavy atom. The first-order valence-electron chi connectivity index (χ1n) is 6.00. The topological polar surface area (TPSA) is 74.7 Å². The number of carboxylic acids is 1. The van der Waals surface area contributed by atoms with Gasteiger partial charge in [-0.2, -0.15) is 4.31 Å². The van der Waals surface area contributed by atoms with E-state index in [2.05, 4.69) is 0 Å². The number of carboxylic acid groups (broad SMARTS) is 1. The van der Waals surface area contributed by atoms with E-state index in [1.807, 2.05) is 0 Å². The van der Waals surface area contributed by atoms with Gasteiger partial charge in [-0.25, -0.2) is 21.6 Å². The van der Waals surface area contributed by atoms with Crippen molar-refractivity contribution in [3.8, 4) is 0 Å². The molecule has 0 amide bonds. The van der Waals surface area contributed by atoms with E-state index in [1.54, 1.807) is 0 Å². The molecule has 21 heavy (non-hydrogen) atoms. The Kier molecular flexibility index (Phi) is 4.24. The molecular weight excluding hydrogens is 311 g/mol. The van der Waals surface area contributed by atoms with Crippen LogP contribution < -0.4 is 0 Å². The van der Waals surface area contributed by atoms with Crippen LogP contribution in [0.5, 0.6) is 0 Å². The molecule has 116 valence electrons. The van der Waals surface area contributed by atoms with Gasteiger partial charge in [0, 0.05) is 19.0 Å². The van der Waals surface area contributed by atoms with Crippen molar-refractivity contribution < 1.29 is 31.5 Å². The number of carbonyl (C=O) groups is 1. The van der Waals surface area contributed by atoms with Crippen LogP contribution in [-0.4, -0.2) is 43.3 Å². The van der Waals surface area contributed by atoms with E-state index in [0.717, 1.165) is 24.3 Å². The normalized spacial score (nSPS) is 23.6. The molecule has 0 bridgehead atoms. The number of hydrogen-bond donors (Lipinski definition) is 1. The van der Waals surface area contributed by atoms with Crippen molar-refractivity contribution in [2.24, 2.45) is 11.8 Å². The summed E-state index contributed by atoms with van der Waals surface area (Å²) >= 11 is 0. The fourth-order valence-corrected chi connectivity index (χ4v) is 3.76. The molecule has 0 saturated carbocycles. The van der Waals surface area contributed by atoms with Crippen LogP contribution in [0.3, 0.4) is 0 Å². The molecule has 1 saturated heterocycles. The zero-order chi connectivity index (χ0) is 15.8. The second-order valence-electron chi connectivity index (χ2n) is 4.72. The van der Waals surface area contributed by atoms with E-state index in [9.17, 15) is 26.4 Å². The van der Waals surface area contributed by atoms with Crippen LogP contribution >= 0.6 is 0 Å². The molecule has 1 heterocycles. The van der Waals surface area contributed by atoms with Crippen LogP contribution in [-0.2, 0) is 14.8 Å². The number of benzene rings is 1. The lowest BCUT2D eigenvalue weighted by molar-refractivity contribution is -0.144. The Balaban J connectivity index is 2.30. The summed E-state index contributed by atoms with van der Waals surface area (Å²) in [6.45, 7) is -1.10. The number of aliphatic carboxylic acids is 1. The third-order valence-corrected chi connectivity index (χ3v) is 5.27. The summed E-state index contributed by atoms with van der Waals surface area (Å²) in [6, 6.07) is 3.89. The lowest BCUT2D eigenvalue weighted by Crippen LogP contribution is -2.30. The van der Waals surface area contributed by atoms with Crippen LogP contribution in [0, 0.1) is 17.7 Å². The average molecular weight is 323 g/mol. The zero-order valence-electron chi connectivity index (χ0n) is 10.6. The van der Waals surface area contributed by atoms with Gasteiger partial charge in [0.05, 0.1) is 10.8 Å². The molecule has 1 aliphatic rings. The van der Waals surface area contributed by atoms with Crippen LogP contribution in [0.1, 0.15) is 0 Å². The first-order chi connectivity index (χ1) is 9.73. The van der Waals surface area contributed by atoms with Crippen molar-refractivity contribution in [1.82, 2.24) is 4.31 Å². The van der Waals surface area contributed by atoms with Gasteiger partial charge in [-0.3, -0.25) is 4.79 Å². The second-order valence-corrected chi connectivity index (χ2v) is 6.66. The Labute approximate surface area is 119 Å². The maximum absolute atomic E-state index is 12.8. The molecule has 1 aromatic carbocycles. The van der Waals surface area contributed by atoms with Crippen LogP contribution in [0.4, 0.5) is 13.2 Å². The molecule has 1 N–H and O–H groups in total. The highest BCUT2D eigenvalue weighted by Crippen LogP contribution is 2.32. The van der Waals surface area contributed by atoms with Gasteiger partial charge in [-0.1, -0.05) is 0 Å². The van der Waals surface area contributed by atoms with Gasteiger partial charge >= 0.3 is 5.97 Å². The minimum Gasteiger partial charge on any atom is -0.481 e. The van der Waals surface area contributed by atoms with Crippen LogP contribution in [0.2, 0.25) is 0 Å². The van der Waals surface area contributed by atoms with E-state index in [4.69, 9.17) is 5.11 Å². The minimum absolute atomic E-state index is 0.261. The summed E-state index contributed by atoms with van der Waals surface area (Å²) in [5.41, 5.74) is 0. The highest BCUT2D eigenvalue weighted by atomic mass is 32.2. The molecule has 2 rings (SSSR count). The third-order valence-electron chi connectivity index (χ3n) is 3.42. The molecule has 1 aliphatic heterocycles. The van der Waals surface area contributed by atoms with Gasteiger partial charge in [0.25, 0.3) is 0 Å². The number of sulfonamides is 1. The summed E-state index contributed by atoms with van der Waals surface area (Å²) < 4.78 is 63.7. The van der Waals surface area contributed by atoms with Gasteiger partial charge in [-0.05, 0) is 24.3 Å². The number of rotatable bonds is 4. The molecule has 0 aromatic heterocycles. The van der Waals surface area contributed by atoms with E-state index in [-0.39, 0.29) is 4.90 Å². The zero-order valence-corrected chi connectivity index (χ0v) is 11.4. The Morgan fingerprint density at radius 3 is 2.24 bits per heavy atom. The summed E-state index contributed by atoms with van der Waals surface area (Å²) in [4.78, 5) is 10.7. The van der Waals surface area contributed by atoms with Gasteiger partial charge < -0.3 is 5.11 Å². The molecule has 0 aliphatic carbocycles. The highest BCUT2D eigenvalue weighted by molar-refractivity contribution is 7.89. The van der Waals surface area contributed by atoms with Gasteiger partial charge in [0.2, 0.25) is 16.4 Å². The predicted octanol–water partition coefficient (Wildman–Crippen LogP) is 1.41. The van der Waals surface area contributed by atoms with Crippen LogP contribution in [0.15, 0.2) is 29.2 Å². The van der Waals surface area contributed by atoms with E-state index in [0.29, 0.717) is 4.31 Å². The van der Waals surface area contributed by atoms with E-state index >= 15 is 0 Å². The second kappa shape index (κ2) is 5.64. The van der Waals surface area contributed by atoms with Gasteiger partial charge in [-0.15, -0.1) is 0 Å². The van der Waals surface area contributed by atoms with Gasteiger partial charge in [0.15, 0.2) is 0 Å². The number of nitrogens with zero attached hydrogens (tertiary/aromatic N) is 1. The Bertz CT molecular complexity index is 632. The van der Waals surface area contributed by atoms with Gasteiger partial charge in [0.1, 0.15) is 5.82 Å². The number of halogens is 3. The Hall–Kier alpha value is -1.61. The first-order valence-corrected chi connectivity index (χ1v) is 7.44. The monoisotopic (exact) mass is 323 g/mol. The molecular formula is C12H12F3NO4S. The fourth-order valence-electron chi connectivity index (χ4n) is 2.26. The van der Waals surface area contributed by atoms with Crippen molar-refractivity contribution in [1.29, 1.82) is 0 Å². The summed E-state index contributed by atoms with van der Waals surface area (Å²) in [5, 5.41) is 8.92. The quantitative estimate of drug-likeness (QED) is 0.909. The molecule has 0 spiro atoms. The average Bonchev–Trinajstić information content (AvgIpc) is 2.85. The summed E-state index contributed by atoms with van der Waals surface area (Å²) in [5.74, 6) is -5.11. The predicted molar refractivity (Wildman–Crippen MR) is 65.8 cm³/mol. The fraction of sp³-hybridized carbons (Fsp3) is 0.417. The van der Waals surface area contributed by atoms with Crippen molar-refractivity contribution in [3.63, 3.8) is 0 Å². The third kappa shape index (κ3) is 3.03. The molecule has 1 aromatic rings. The molecule has 0 unspecified atom stereocenters. The first kappa shape index (κ1) is 15.8. The smallest absolute Gasteiger partial charge is 0.308 e. The minimum atomic E-state index is -4.12.